The number of sulfonamides is 1. The average Bonchev–Trinajstić information content (AvgIpc) is 3.34. The number of rotatable bonds is 6. The van der Waals surface area contributed by atoms with Crippen LogP contribution in [0, 0.1) is 0 Å². The second-order valence-electron chi connectivity index (χ2n) is 6.75. The summed E-state index contributed by atoms with van der Waals surface area (Å²) < 4.78 is 27.7. The first kappa shape index (κ1) is 17.0. The molecule has 2 heterocycles. The van der Waals surface area contributed by atoms with Gasteiger partial charge < -0.3 is 4.90 Å². The molecule has 0 unspecified atom stereocenters. The van der Waals surface area contributed by atoms with Crippen molar-refractivity contribution in [3.8, 4) is 0 Å². The van der Waals surface area contributed by atoms with Gasteiger partial charge in [-0.1, -0.05) is 6.07 Å². The van der Waals surface area contributed by atoms with Crippen molar-refractivity contribution >= 4 is 26.5 Å². The molecule has 1 aliphatic heterocycles. The molecule has 0 radical (unpaired) electrons. The summed E-state index contributed by atoms with van der Waals surface area (Å²) in [4.78, 5) is 7.33. The van der Waals surface area contributed by atoms with Crippen molar-refractivity contribution in [2.75, 3.05) is 24.5 Å². The van der Waals surface area contributed by atoms with Crippen molar-refractivity contribution in [2.24, 2.45) is 0 Å². The molecule has 0 atom stereocenters. The largest absolute Gasteiger partial charge is 0.348 e. The molecule has 1 aromatic carbocycles. The van der Waals surface area contributed by atoms with Crippen LogP contribution in [0.15, 0.2) is 28.5 Å². The number of nitrogens with one attached hydrogen (secondary N) is 1. The van der Waals surface area contributed by atoms with Crippen molar-refractivity contribution in [3.63, 3.8) is 0 Å². The van der Waals surface area contributed by atoms with Gasteiger partial charge in [0.15, 0.2) is 5.13 Å². The summed E-state index contributed by atoms with van der Waals surface area (Å²) in [5.41, 5.74) is 3.43. The number of fused-ring (bicyclic) bond motifs is 1. The first-order chi connectivity index (χ1) is 12.1. The highest BCUT2D eigenvalue weighted by Crippen LogP contribution is 2.25. The third-order valence-corrected chi connectivity index (χ3v) is 7.38. The molecule has 0 saturated carbocycles. The predicted molar refractivity (Wildman–Crippen MR) is 101 cm³/mol. The minimum absolute atomic E-state index is 0.378. The molecule has 1 aliphatic carbocycles. The maximum atomic E-state index is 12.5. The lowest BCUT2D eigenvalue weighted by molar-refractivity contribution is 0.581. The third kappa shape index (κ3) is 3.73. The van der Waals surface area contributed by atoms with E-state index in [1.54, 1.807) is 17.4 Å². The van der Waals surface area contributed by atoms with Crippen LogP contribution in [0.3, 0.4) is 0 Å². The lowest BCUT2D eigenvalue weighted by Gasteiger charge is -2.12. The number of hydrogen-bond acceptors (Lipinski definition) is 5. The van der Waals surface area contributed by atoms with Gasteiger partial charge in [-0.15, -0.1) is 11.3 Å². The first-order valence-corrected chi connectivity index (χ1v) is 11.3. The Balaban J connectivity index is 1.36. The Hall–Kier alpha value is -1.44. The summed E-state index contributed by atoms with van der Waals surface area (Å²) in [5.74, 6) is 0. The number of hydrogen-bond donors (Lipinski definition) is 1. The summed E-state index contributed by atoms with van der Waals surface area (Å²) >= 11 is 1.65. The summed E-state index contributed by atoms with van der Waals surface area (Å²) in [6.45, 7) is 2.54. The SMILES string of the molecule is O=S(=O)(NCCc1csc(N2CCCC2)n1)c1ccc2c(c1)CCC2. The van der Waals surface area contributed by atoms with E-state index in [0.29, 0.717) is 17.9 Å². The smallest absolute Gasteiger partial charge is 0.240 e. The van der Waals surface area contributed by atoms with E-state index in [9.17, 15) is 8.42 Å². The molecule has 4 rings (SSSR count). The fraction of sp³-hybridized carbons (Fsp3) is 0.500. The van der Waals surface area contributed by atoms with E-state index in [0.717, 1.165) is 43.2 Å². The monoisotopic (exact) mass is 377 g/mol. The highest BCUT2D eigenvalue weighted by atomic mass is 32.2. The highest BCUT2D eigenvalue weighted by molar-refractivity contribution is 7.89. The zero-order valence-corrected chi connectivity index (χ0v) is 15.8. The van der Waals surface area contributed by atoms with Crippen molar-refractivity contribution in [1.82, 2.24) is 9.71 Å². The van der Waals surface area contributed by atoms with Crippen LogP contribution in [0.2, 0.25) is 0 Å². The van der Waals surface area contributed by atoms with Gasteiger partial charge in [-0.25, -0.2) is 18.1 Å². The molecule has 2 aromatic rings. The maximum Gasteiger partial charge on any atom is 0.240 e. The number of aryl methyl sites for hydroxylation is 2. The molecular weight excluding hydrogens is 354 g/mol. The second kappa shape index (κ2) is 7.05. The molecule has 134 valence electrons. The fourth-order valence-corrected chi connectivity index (χ4v) is 5.57. The molecule has 1 fully saturated rings. The minimum atomic E-state index is -3.45. The molecule has 0 bridgehead atoms. The molecular formula is C18H23N3O2S2. The summed E-state index contributed by atoms with van der Waals surface area (Å²) in [6.07, 6.45) is 6.25. The van der Waals surface area contributed by atoms with Gasteiger partial charge in [0.05, 0.1) is 10.6 Å². The van der Waals surface area contributed by atoms with Crippen LogP contribution in [-0.2, 0) is 29.3 Å². The number of aromatic nitrogens is 1. The second-order valence-corrected chi connectivity index (χ2v) is 9.35. The Kier molecular flexibility index (Phi) is 4.80. The van der Waals surface area contributed by atoms with Crippen molar-refractivity contribution in [3.05, 3.63) is 40.4 Å². The number of benzene rings is 1. The third-order valence-electron chi connectivity index (χ3n) is 4.97. The van der Waals surface area contributed by atoms with Gasteiger partial charge in [0, 0.05) is 31.4 Å². The summed E-state index contributed by atoms with van der Waals surface area (Å²) in [5, 5.41) is 3.10. The topological polar surface area (TPSA) is 62.3 Å². The molecule has 0 spiro atoms. The molecule has 1 aromatic heterocycles. The average molecular weight is 378 g/mol. The van der Waals surface area contributed by atoms with Gasteiger partial charge in [0.2, 0.25) is 10.0 Å². The Morgan fingerprint density at radius 1 is 1.12 bits per heavy atom. The highest BCUT2D eigenvalue weighted by Gasteiger charge is 2.19. The zero-order chi connectivity index (χ0) is 17.3. The molecule has 25 heavy (non-hydrogen) atoms. The van der Waals surface area contributed by atoms with Crippen LogP contribution in [0.4, 0.5) is 5.13 Å². The Labute approximate surface area is 153 Å². The molecule has 2 aliphatic rings. The number of nitrogens with zero attached hydrogens (tertiary/aromatic N) is 2. The van der Waals surface area contributed by atoms with Crippen molar-refractivity contribution < 1.29 is 8.42 Å². The lowest BCUT2D eigenvalue weighted by Crippen LogP contribution is -2.26. The van der Waals surface area contributed by atoms with Crippen LogP contribution < -0.4 is 9.62 Å². The van der Waals surface area contributed by atoms with Crippen LogP contribution in [0.25, 0.3) is 0 Å². The maximum absolute atomic E-state index is 12.5. The zero-order valence-electron chi connectivity index (χ0n) is 14.2. The van der Waals surface area contributed by atoms with Gasteiger partial charge >= 0.3 is 0 Å². The number of thiazole rings is 1. The quantitative estimate of drug-likeness (QED) is 0.841. The minimum Gasteiger partial charge on any atom is -0.348 e. The first-order valence-electron chi connectivity index (χ1n) is 8.93. The Morgan fingerprint density at radius 3 is 2.76 bits per heavy atom. The molecule has 0 amide bonds. The fourth-order valence-electron chi connectivity index (χ4n) is 3.58. The van der Waals surface area contributed by atoms with Crippen LogP contribution >= 0.6 is 11.3 Å². The summed E-state index contributed by atoms with van der Waals surface area (Å²) in [7, 11) is -3.45. The van der Waals surface area contributed by atoms with Gasteiger partial charge in [0.25, 0.3) is 0 Å². The van der Waals surface area contributed by atoms with Crippen LogP contribution in [0.5, 0.6) is 0 Å². The van der Waals surface area contributed by atoms with Gasteiger partial charge in [0.1, 0.15) is 0 Å². The lowest BCUT2D eigenvalue weighted by atomic mass is 10.1. The molecule has 1 saturated heterocycles. The van der Waals surface area contributed by atoms with Crippen molar-refractivity contribution in [1.29, 1.82) is 0 Å². The van der Waals surface area contributed by atoms with E-state index in [4.69, 9.17) is 0 Å². The Morgan fingerprint density at radius 2 is 1.92 bits per heavy atom. The standard InChI is InChI=1S/C18H23N3O2S2/c22-25(23,17-7-6-14-4-3-5-15(14)12-17)19-9-8-16-13-24-18(20-16)21-10-1-2-11-21/h6-7,12-13,19H,1-5,8-11H2. The molecule has 1 N–H and O–H groups in total. The van der Waals surface area contributed by atoms with Crippen LogP contribution in [-0.4, -0.2) is 33.0 Å². The van der Waals surface area contributed by atoms with Gasteiger partial charge in [-0.2, -0.15) is 0 Å². The van der Waals surface area contributed by atoms with E-state index in [-0.39, 0.29) is 0 Å². The van der Waals surface area contributed by atoms with E-state index >= 15 is 0 Å². The predicted octanol–water partition coefficient (Wildman–Crippen LogP) is 2.75. The number of anilines is 1. The van der Waals surface area contributed by atoms with Crippen molar-refractivity contribution in [2.45, 2.75) is 43.4 Å². The van der Waals surface area contributed by atoms with E-state index in [1.165, 1.54) is 24.0 Å². The molecule has 5 nitrogen and oxygen atoms in total. The normalized spacial score (nSPS) is 17.2. The Bertz CT molecular complexity index is 855. The van der Waals surface area contributed by atoms with Gasteiger partial charge in [-0.05, 0) is 55.4 Å². The van der Waals surface area contributed by atoms with E-state index in [2.05, 4.69) is 14.6 Å². The van der Waals surface area contributed by atoms with Crippen LogP contribution in [0.1, 0.15) is 36.1 Å². The van der Waals surface area contributed by atoms with E-state index < -0.39 is 10.0 Å². The molecule has 7 heteroatoms. The summed E-state index contributed by atoms with van der Waals surface area (Å²) in [6, 6.07) is 5.51. The van der Waals surface area contributed by atoms with Gasteiger partial charge in [-0.3, -0.25) is 0 Å². The van der Waals surface area contributed by atoms with E-state index in [1.807, 2.05) is 17.5 Å².